The van der Waals surface area contributed by atoms with Gasteiger partial charge in [-0.15, -0.1) is 0 Å². The van der Waals surface area contributed by atoms with Crippen LogP contribution in [0.1, 0.15) is 15.9 Å². The van der Waals surface area contributed by atoms with E-state index in [1.165, 1.54) is 12.5 Å². The number of benzene rings is 2. The molecule has 0 unspecified atom stereocenters. The molecular formula is C18H11Cl2N3O3. The van der Waals surface area contributed by atoms with Crippen LogP contribution in [-0.2, 0) is 6.54 Å². The largest absolute Gasteiger partial charge is 0.478 e. The number of halogens is 2. The summed E-state index contributed by atoms with van der Waals surface area (Å²) in [4.78, 5) is 20.0. The number of nitrogens with zero attached hydrogens (tertiary/aromatic N) is 3. The SMILES string of the molecule is O=C(O)c1cccc(Cn2c(-c3ncco3)nc3cc(Cl)c(Cl)cc32)c1. The van der Waals surface area contributed by atoms with Crippen LogP contribution < -0.4 is 0 Å². The van der Waals surface area contributed by atoms with E-state index in [1.807, 2.05) is 10.6 Å². The van der Waals surface area contributed by atoms with E-state index in [-0.39, 0.29) is 5.56 Å². The smallest absolute Gasteiger partial charge is 0.335 e. The Bertz CT molecular complexity index is 1120. The molecule has 0 fully saturated rings. The normalized spacial score (nSPS) is 11.2. The molecule has 2 aromatic heterocycles. The second-order valence-electron chi connectivity index (χ2n) is 5.62. The van der Waals surface area contributed by atoms with E-state index < -0.39 is 5.97 Å². The topological polar surface area (TPSA) is 81.1 Å². The predicted octanol–water partition coefficient (Wildman–Crippen LogP) is 4.74. The third kappa shape index (κ3) is 2.94. The van der Waals surface area contributed by atoms with Crippen molar-refractivity contribution >= 4 is 40.2 Å². The van der Waals surface area contributed by atoms with Crippen molar-refractivity contribution in [2.75, 3.05) is 0 Å². The standard InChI is InChI=1S/C18H11Cl2N3O3/c19-12-7-14-15(8-13(12)20)23(16(22-14)17-21-4-5-26-17)9-10-2-1-3-11(6-10)18(24)25/h1-8H,9H2,(H,24,25). The maximum absolute atomic E-state index is 11.2. The summed E-state index contributed by atoms with van der Waals surface area (Å²) in [5, 5.41) is 10.0. The van der Waals surface area contributed by atoms with E-state index in [2.05, 4.69) is 9.97 Å². The van der Waals surface area contributed by atoms with Crippen LogP contribution in [0, 0.1) is 0 Å². The van der Waals surface area contributed by atoms with E-state index in [1.54, 1.807) is 30.3 Å². The maximum Gasteiger partial charge on any atom is 0.335 e. The highest BCUT2D eigenvalue weighted by molar-refractivity contribution is 6.42. The lowest BCUT2D eigenvalue weighted by Gasteiger charge is -2.09. The Morgan fingerprint density at radius 1 is 1.19 bits per heavy atom. The van der Waals surface area contributed by atoms with E-state index in [9.17, 15) is 9.90 Å². The minimum absolute atomic E-state index is 0.214. The third-order valence-electron chi connectivity index (χ3n) is 3.93. The Labute approximate surface area is 157 Å². The van der Waals surface area contributed by atoms with Gasteiger partial charge < -0.3 is 14.1 Å². The molecule has 6 nitrogen and oxygen atoms in total. The first-order valence-corrected chi connectivity index (χ1v) is 8.36. The van der Waals surface area contributed by atoms with Crippen LogP contribution in [0.3, 0.4) is 0 Å². The Morgan fingerprint density at radius 3 is 2.73 bits per heavy atom. The lowest BCUT2D eigenvalue weighted by atomic mass is 10.1. The summed E-state index contributed by atoms with van der Waals surface area (Å²) in [6.07, 6.45) is 2.99. The van der Waals surface area contributed by atoms with Gasteiger partial charge in [-0.25, -0.2) is 14.8 Å². The molecule has 0 saturated carbocycles. The second-order valence-corrected chi connectivity index (χ2v) is 6.43. The second kappa shape index (κ2) is 6.48. The third-order valence-corrected chi connectivity index (χ3v) is 4.65. The van der Waals surface area contributed by atoms with E-state index >= 15 is 0 Å². The van der Waals surface area contributed by atoms with Crippen molar-refractivity contribution in [1.29, 1.82) is 0 Å². The fraction of sp³-hybridized carbons (Fsp3) is 0.0556. The molecule has 4 rings (SSSR count). The molecule has 0 saturated heterocycles. The molecular weight excluding hydrogens is 377 g/mol. The van der Waals surface area contributed by atoms with Gasteiger partial charge >= 0.3 is 5.97 Å². The van der Waals surface area contributed by atoms with Gasteiger partial charge in [-0.3, -0.25) is 0 Å². The Hall–Kier alpha value is -2.83. The molecule has 0 amide bonds. The number of imidazole rings is 1. The van der Waals surface area contributed by atoms with Crippen molar-refractivity contribution in [1.82, 2.24) is 14.5 Å². The Kier molecular flexibility index (Phi) is 4.14. The first kappa shape index (κ1) is 16.6. The van der Waals surface area contributed by atoms with Crippen LogP contribution in [-0.4, -0.2) is 25.6 Å². The first-order chi connectivity index (χ1) is 12.5. The molecule has 0 aliphatic rings. The van der Waals surface area contributed by atoms with Gasteiger partial charge in [0.25, 0.3) is 5.89 Å². The monoisotopic (exact) mass is 387 g/mol. The molecule has 4 aromatic rings. The highest BCUT2D eigenvalue weighted by atomic mass is 35.5. The summed E-state index contributed by atoms with van der Waals surface area (Å²) >= 11 is 12.3. The number of oxazole rings is 1. The van der Waals surface area contributed by atoms with Gasteiger partial charge in [0.1, 0.15) is 6.26 Å². The first-order valence-electron chi connectivity index (χ1n) is 7.60. The molecule has 0 aliphatic carbocycles. The lowest BCUT2D eigenvalue weighted by molar-refractivity contribution is 0.0696. The molecule has 1 N–H and O–H groups in total. The van der Waals surface area contributed by atoms with Crippen LogP contribution >= 0.6 is 23.2 Å². The molecule has 130 valence electrons. The number of carbonyl (C=O) groups is 1. The van der Waals surface area contributed by atoms with Crippen molar-refractivity contribution in [3.05, 3.63) is 70.0 Å². The van der Waals surface area contributed by atoms with Gasteiger partial charge in [-0.1, -0.05) is 35.3 Å². The van der Waals surface area contributed by atoms with E-state index in [0.717, 1.165) is 11.1 Å². The zero-order valence-electron chi connectivity index (χ0n) is 13.2. The fourth-order valence-corrected chi connectivity index (χ4v) is 3.08. The van der Waals surface area contributed by atoms with Gasteiger partial charge in [0.15, 0.2) is 5.82 Å². The van der Waals surface area contributed by atoms with Gasteiger partial charge in [-0.05, 0) is 29.8 Å². The number of aromatic nitrogens is 3. The van der Waals surface area contributed by atoms with Crippen molar-refractivity contribution < 1.29 is 14.3 Å². The highest BCUT2D eigenvalue weighted by Gasteiger charge is 2.18. The van der Waals surface area contributed by atoms with Crippen LogP contribution in [0.5, 0.6) is 0 Å². The lowest BCUT2D eigenvalue weighted by Crippen LogP contribution is -2.04. The molecule has 0 radical (unpaired) electrons. The quantitative estimate of drug-likeness (QED) is 0.546. The zero-order chi connectivity index (χ0) is 18.3. The molecule has 0 atom stereocenters. The molecule has 2 aromatic carbocycles. The molecule has 26 heavy (non-hydrogen) atoms. The summed E-state index contributed by atoms with van der Waals surface area (Å²) < 4.78 is 7.26. The summed E-state index contributed by atoms with van der Waals surface area (Å²) in [7, 11) is 0. The predicted molar refractivity (Wildman–Crippen MR) is 97.8 cm³/mol. The van der Waals surface area contributed by atoms with Crippen molar-refractivity contribution in [2.45, 2.75) is 6.54 Å². The molecule has 0 bridgehead atoms. The van der Waals surface area contributed by atoms with Gasteiger partial charge in [0.2, 0.25) is 0 Å². The number of aromatic carboxylic acids is 1. The summed E-state index contributed by atoms with van der Waals surface area (Å²) in [6.45, 7) is 0.368. The molecule has 0 aliphatic heterocycles. The van der Waals surface area contributed by atoms with Crippen LogP contribution in [0.15, 0.2) is 53.3 Å². The number of hydrogen-bond donors (Lipinski definition) is 1. The number of rotatable bonds is 4. The van der Waals surface area contributed by atoms with Crippen LogP contribution in [0.25, 0.3) is 22.7 Å². The van der Waals surface area contributed by atoms with Crippen LogP contribution in [0.4, 0.5) is 0 Å². The minimum atomic E-state index is -0.981. The van der Waals surface area contributed by atoms with E-state index in [4.69, 9.17) is 27.6 Å². The Morgan fingerprint density at radius 2 is 2.00 bits per heavy atom. The van der Waals surface area contributed by atoms with Gasteiger partial charge in [0, 0.05) is 6.54 Å². The van der Waals surface area contributed by atoms with Crippen molar-refractivity contribution in [3.8, 4) is 11.7 Å². The number of hydrogen-bond acceptors (Lipinski definition) is 4. The molecule has 2 heterocycles. The number of carboxylic acid groups (broad SMARTS) is 1. The number of fused-ring (bicyclic) bond motifs is 1. The summed E-state index contributed by atoms with van der Waals surface area (Å²) in [6, 6.07) is 10.1. The summed E-state index contributed by atoms with van der Waals surface area (Å²) in [5.74, 6) is -0.128. The minimum Gasteiger partial charge on any atom is -0.478 e. The zero-order valence-corrected chi connectivity index (χ0v) is 14.7. The Balaban J connectivity index is 1.89. The van der Waals surface area contributed by atoms with Crippen molar-refractivity contribution in [2.24, 2.45) is 0 Å². The van der Waals surface area contributed by atoms with Gasteiger partial charge in [0.05, 0.1) is 32.8 Å². The van der Waals surface area contributed by atoms with E-state index in [0.29, 0.717) is 33.8 Å². The number of carboxylic acids is 1. The molecule has 0 spiro atoms. The molecule has 8 heteroatoms. The average molecular weight is 388 g/mol. The fourth-order valence-electron chi connectivity index (χ4n) is 2.76. The van der Waals surface area contributed by atoms with Crippen LogP contribution in [0.2, 0.25) is 10.0 Å². The summed E-state index contributed by atoms with van der Waals surface area (Å²) in [5.41, 5.74) is 2.39. The van der Waals surface area contributed by atoms with Gasteiger partial charge in [-0.2, -0.15) is 0 Å². The van der Waals surface area contributed by atoms with Crippen molar-refractivity contribution in [3.63, 3.8) is 0 Å². The highest BCUT2D eigenvalue weighted by Crippen LogP contribution is 2.31. The maximum atomic E-state index is 11.2. The average Bonchev–Trinajstić information content (AvgIpc) is 3.25.